The van der Waals surface area contributed by atoms with Gasteiger partial charge in [0, 0.05) is 0 Å². The molecule has 2 saturated heterocycles. The number of hydrogen-bond donors (Lipinski definition) is 4. The molecule has 0 bridgehead atoms. The van der Waals surface area contributed by atoms with E-state index in [2.05, 4.69) is 0 Å². The summed E-state index contributed by atoms with van der Waals surface area (Å²) in [4.78, 5) is 21.7. The van der Waals surface area contributed by atoms with Crippen LogP contribution >= 0.6 is 0 Å². The maximum Gasteiger partial charge on any atom is 0.435 e. The molecule has 0 aliphatic carbocycles. The Morgan fingerprint density at radius 2 is 0.889 bits per heavy atom. The third kappa shape index (κ3) is 1.19. The van der Waals surface area contributed by atoms with Crippen LogP contribution in [0.3, 0.4) is 0 Å². The molecule has 0 radical (unpaired) electrons. The van der Waals surface area contributed by atoms with Crippen molar-refractivity contribution in [2.45, 2.75) is 23.7 Å². The third-order valence-corrected chi connectivity index (χ3v) is 2.62. The molecule has 0 aromatic rings. The van der Waals surface area contributed by atoms with Crippen molar-refractivity contribution in [3.05, 3.63) is 0 Å². The lowest BCUT2D eigenvalue weighted by atomic mass is 9.94. The van der Waals surface area contributed by atoms with Crippen molar-refractivity contribution < 1.29 is 35.9 Å². The molecule has 2 heterocycles. The molecule has 4 amide bonds. The first-order chi connectivity index (χ1) is 7.95. The van der Waals surface area contributed by atoms with Gasteiger partial charge in [-0.15, -0.1) is 0 Å². The van der Waals surface area contributed by atoms with Gasteiger partial charge in [0.2, 0.25) is 0 Å². The van der Waals surface area contributed by atoms with Crippen molar-refractivity contribution in [2.75, 3.05) is 0 Å². The number of urea groups is 2. The zero-order valence-corrected chi connectivity index (χ0v) is 8.08. The van der Waals surface area contributed by atoms with E-state index in [1.165, 1.54) is 0 Å². The van der Waals surface area contributed by atoms with Gasteiger partial charge in [-0.2, -0.15) is 26.3 Å². The lowest BCUT2D eigenvalue weighted by molar-refractivity contribution is -0.275. The number of halogens is 6. The molecule has 0 unspecified atom stereocenters. The average molecular weight is 278 g/mol. The summed E-state index contributed by atoms with van der Waals surface area (Å²) in [5.41, 5.74) is -7.96. The van der Waals surface area contributed by atoms with Gasteiger partial charge in [0.1, 0.15) is 0 Å². The molecular formula is C6H4F6N4O2. The van der Waals surface area contributed by atoms with Crippen molar-refractivity contribution in [1.29, 1.82) is 0 Å². The van der Waals surface area contributed by atoms with Crippen molar-refractivity contribution >= 4 is 12.1 Å². The summed E-state index contributed by atoms with van der Waals surface area (Å²) in [5, 5.41) is 4.23. The van der Waals surface area contributed by atoms with Gasteiger partial charge in [-0.1, -0.05) is 0 Å². The Morgan fingerprint density at radius 3 is 1.06 bits per heavy atom. The minimum atomic E-state index is -5.57. The molecule has 12 heteroatoms. The van der Waals surface area contributed by atoms with Crippen molar-refractivity contribution in [3.63, 3.8) is 0 Å². The van der Waals surface area contributed by atoms with E-state index < -0.39 is 35.7 Å². The van der Waals surface area contributed by atoms with E-state index in [4.69, 9.17) is 0 Å². The van der Waals surface area contributed by atoms with Gasteiger partial charge in [0.25, 0.3) is 11.3 Å². The Balaban J connectivity index is 2.66. The standard InChI is InChI=1S/C6H4F6N4O2/c7-5(8,9)3-4(6(10,11)12,14-1(17)13-3)16-2(18)15-3/h(H2,13,14,17)(H2,15,16,18). The second kappa shape index (κ2) is 2.92. The average Bonchev–Trinajstić information content (AvgIpc) is 2.50. The summed E-state index contributed by atoms with van der Waals surface area (Å²) in [6.45, 7) is 0. The van der Waals surface area contributed by atoms with Gasteiger partial charge >= 0.3 is 24.4 Å². The van der Waals surface area contributed by atoms with Gasteiger partial charge in [0.05, 0.1) is 0 Å². The maximum atomic E-state index is 12.8. The zero-order chi connectivity index (χ0) is 14.0. The van der Waals surface area contributed by atoms with E-state index in [9.17, 15) is 35.9 Å². The van der Waals surface area contributed by atoms with Gasteiger partial charge in [-0.25, -0.2) is 9.59 Å². The number of amides is 4. The number of alkyl halides is 6. The lowest BCUT2D eigenvalue weighted by Crippen LogP contribution is -2.78. The second-order valence-electron chi connectivity index (χ2n) is 3.65. The van der Waals surface area contributed by atoms with Crippen LogP contribution < -0.4 is 21.3 Å². The highest BCUT2D eigenvalue weighted by Crippen LogP contribution is 2.48. The molecule has 0 atom stereocenters. The molecular weight excluding hydrogens is 274 g/mol. The lowest BCUT2D eigenvalue weighted by Gasteiger charge is -2.38. The summed E-state index contributed by atoms with van der Waals surface area (Å²) in [6.07, 6.45) is -11.1. The molecule has 2 aliphatic heterocycles. The normalized spacial score (nSPS) is 35.4. The fourth-order valence-corrected chi connectivity index (χ4v) is 1.89. The quantitative estimate of drug-likeness (QED) is 0.475. The molecule has 2 rings (SSSR count). The molecule has 6 nitrogen and oxygen atoms in total. The van der Waals surface area contributed by atoms with E-state index in [0.717, 1.165) is 21.3 Å². The Morgan fingerprint density at radius 1 is 0.667 bits per heavy atom. The topological polar surface area (TPSA) is 82.3 Å². The van der Waals surface area contributed by atoms with E-state index in [1.54, 1.807) is 0 Å². The van der Waals surface area contributed by atoms with Crippen LogP contribution in [0.15, 0.2) is 0 Å². The number of rotatable bonds is 0. The summed E-state index contributed by atoms with van der Waals surface area (Å²) < 4.78 is 76.9. The Kier molecular flexibility index (Phi) is 2.04. The molecule has 2 fully saturated rings. The van der Waals surface area contributed by atoms with Crippen LogP contribution in [0.25, 0.3) is 0 Å². The van der Waals surface area contributed by atoms with Crippen molar-refractivity contribution in [3.8, 4) is 0 Å². The van der Waals surface area contributed by atoms with Gasteiger partial charge in [-0.05, 0) is 0 Å². The van der Waals surface area contributed by atoms with E-state index in [-0.39, 0.29) is 0 Å². The number of hydrogen-bond acceptors (Lipinski definition) is 2. The number of nitrogens with one attached hydrogen (secondary N) is 4. The van der Waals surface area contributed by atoms with E-state index >= 15 is 0 Å². The predicted molar refractivity (Wildman–Crippen MR) is 40.9 cm³/mol. The first-order valence-corrected chi connectivity index (χ1v) is 4.29. The fraction of sp³-hybridized carbons (Fsp3) is 0.667. The minimum absolute atomic E-state index is 1.06. The molecule has 0 saturated carbocycles. The van der Waals surface area contributed by atoms with Crippen LogP contribution in [0, 0.1) is 0 Å². The predicted octanol–water partition coefficient (Wildman–Crippen LogP) is 0.129. The number of carbonyl (C=O) groups excluding carboxylic acids is 2. The summed E-state index contributed by atoms with van der Waals surface area (Å²) in [7, 11) is 0. The maximum absolute atomic E-state index is 12.8. The van der Waals surface area contributed by atoms with Gasteiger partial charge < -0.3 is 21.3 Å². The molecule has 0 spiro atoms. The van der Waals surface area contributed by atoms with Gasteiger partial charge in [0.15, 0.2) is 0 Å². The second-order valence-corrected chi connectivity index (χ2v) is 3.65. The van der Waals surface area contributed by atoms with Crippen LogP contribution in [-0.2, 0) is 0 Å². The van der Waals surface area contributed by atoms with Crippen LogP contribution in [0.4, 0.5) is 35.9 Å². The molecule has 0 aromatic carbocycles. The SMILES string of the molecule is O=C1NC2(C(F)(F)F)NC(=O)NC2(C(F)(F)F)N1. The van der Waals surface area contributed by atoms with Crippen molar-refractivity contribution in [1.82, 2.24) is 21.3 Å². The Labute approximate surface area is 94.1 Å². The van der Waals surface area contributed by atoms with Crippen LogP contribution in [0.2, 0.25) is 0 Å². The monoisotopic (exact) mass is 278 g/mol. The fourth-order valence-electron chi connectivity index (χ4n) is 1.89. The summed E-state index contributed by atoms with van der Waals surface area (Å²) in [6, 6.07) is -3.42. The van der Waals surface area contributed by atoms with Crippen LogP contribution in [0.5, 0.6) is 0 Å². The van der Waals surface area contributed by atoms with Crippen LogP contribution in [0.1, 0.15) is 0 Å². The first-order valence-electron chi connectivity index (χ1n) is 4.29. The summed E-state index contributed by atoms with van der Waals surface area (Å²) in [5.74, 6) is 0. The summed E-state index contributed by atoms with van der Waals surface area (Å²) >= 11 is 0. The highest BCUT2D eigenvalue weighted by molar-refractivity contribution is 5.88. The van der Waals surface area contributed by atoms with Gasteiger partial charge in [-0.3, -0.25) is 0 Å². The molecule has 18 heavy (non-hydrogen) atoms. The zero-order valence-electron chi connectivity index (χ0n) is 8.08. The molecule has 0 aromatic heterocycles. The molecule has 4 N–H and O–H groups in total. The highest BCUT2D eigenvalue weighted by Gasteiger charge is 2.85. The number of carbonyl (C=O) groups is 2. The van der Waals surface area contributed by atoms with Crippen molar-refractivity contribution in [2.24, 2.45) is 0 Å². The Bertz CT molecular complexity index is 373. The third-order valence-electron chi connectivity index (χ3n) is 2.62. The molecule has 2 aliphatic rings. The molecule has 102 valence electrons. The Hall–Kier alpha value is -1.88. The largest absolute Gasteiger partial charge is 0.435 e. The first kappa shape index (κ1) is 12.6. The smallest absolute Gasteiger partial charge is 0.303 e. The van der Waals surface area contributed by atoms with E-state index in [0.29, 0.717) is 0 Å². The highest BCUT2D eigenvalue weighted by atomic mass is 19.4. The minimum Gasteiger partial charge on any atom is -0.303 e. The van der Waals surface area contributed by atoms with E-state index in [1.807, 2.05) is 0 Å². The number of fused-ring (bicyclic) bond motifs is 1. The van der Waals surface area contributed by atoms with Crippen LogP contribution in [-0.4, -0.2) is 35.7 Å².